The Morgan fingerprint density at radius 3 is 2.24 bits per heavy atom. The van der Waals surface area contributed by atoms with Crippen LogP contribution in [0.25, 0.3) is 16.6 Å². The highest BCUT2D eigenvalue weighted by atomic mass is 32.1. The molecule has 1 aliphatic heterocycles. The first-order valence-electron chi connectivity index (χ1n) is 11.4. The van der Waals surface area contributed by atoms with E-state index in [-0.39, 0.29) is 29.9 Å². The Labute approximate surface area is 221 Å². The maximum atomic E-state index is 14.0. The summed E-state index contributed by atoms with van der Waals surface area (Å²) in [7, 11) is 4.45. The van der Waals surface area contributed by atoms with E-state index in [2.05, 4.69) is 8.75 Å². The molecule has 5 rings (SSSR count). The van der Waals surface area contributed by atoms with Gasteiger partial charge in [0.1, 0.15) is 11.0 Å². The second kappa shape index (κ2) is 10.4. The van der Waals surface area contributed by atoms with Crippen molar-refractivity contribution < 1.29 is 38.4 Å². The number of carboxylic acids is 1. The van der Waals surface area contributed by atoms with E-state index in [1.165, 1.54) is 21.3 Å². The lowest BCUT2D eigenvalue weighted by Crippen LogP contribution is -2.14. The van der Waals surface area contributed by atoms with Gasteiger partial charge in [0.2, 0.25) is 12.5 Å². The van der Waals surface area contributed by atoms with Gasteiger partial charge in [0, 0.05) is 17.6 Å². The van der Waals surface area contributed by atoms with E-state index in [0.717, 1.165) is 11.7 Å². The molecule has 38 heavy (non-hydrogen) atoms. The zero-order chi connectivity index (χ0) is 26.8. The number of aromatic nitrogens is 2. The number of allylic oxidation sites excluding steroid dienone is 1. The minimum absolute atomic E-state index is 0.0427. The number of Topliss-reactive ketones (excluding diaryl/α,β-unsaturated/α-hetero) is 1. The zero-order valence-electron chi connectivity index (χ0n) is 20.6. The highest BCUT2D eigenvalue weighted by Crippen LogP contribution is 2.40. The summed E-state index contributed by atoms with van der Waals surface area (Å²) >= 11 is 1.02. The fourth-order valence-electron chi connectivity index (χ4n) is 4.30. The average molecular weight is 535 g/mol. The van der Waals surface area contributed by atoms with Gasteiger partial charge in [-0.2, -0.15) is 8.75 Å². The van der Waals surface area contributed by atoms with E-state index in [0.29, 0.717) is 50.9 Å². The van der Waals surface area contributed by atoms with Crippen molar-refractivity contribution >= 4 is 40.1 Å². The molecule has 11 heteroatoms. The van der Waals surface area contributed by atoms with E-state index < -0.39 is 11.8 Å². The molecule has 10 nitrogen and oxygen atoms in total. The number of carbonyl (C=O) groups is 2. The minimum Gasteiger partial charge on any atom is -0.493 e. The molecule has 1 aliphatic rings. The fraction of sp³-hybridized carbons (Fsp3) is 0.185. The van der Waals surface area contributed by atoms with Gasteiger partial charge in [-0.15, -0.1) is 0 Å². The molecule has 0 bridgehead atoms. The molecule has 0 fully saturated rings. The first kappa shape index (κ1) is 25.0. The highest BCUT2D eigenvalue weighted by molar-refractivity contribution is 7.00. The van der Waals surface area contributed by atoms with Crippen LogP contribution in [0.2, 0.25) is 0 Å². The Hall–Kier alpha value is -4.64. The summed E-state index contributed by atoms with van der Waals surface area (Å²) < 4.78 is 35.5. The molecule has 0 saturated heterocycles. The lowest BCUT2D eigenvalue weighted by molar-refractivity contribution is -0.130. The Bertz CT molecular complexity index is 1570. The van der Waals surface area contributed by atoms with Gasteiger partial charge < -0.3 is 28.8 Å². The SMILES string of the molecule is COc1cc(CC(C(=O)c2ccc3c(c2)OCO3)=C(C(=O)O)c2ccc3nsnc3c2)cc(OC)c1OC. The lowest BCUT2D eigenvalue weighted by Gasteiger charge is -2.17. The molecule has 0 atom stereocenters. The summed E-state index contributed by atoms with van der Waals surface area (Å²) in [5.74, 6) is 0.319. The van der Waals surface area contributed by atoms with Crippen LogP contribution in [0.5, 0.6) is 28.7 Å². The third-order valence-corrected chi connectivity index (χ3v) is 6.63. The van der Waals surface area contributed by atoms with Crippen LogP contribution < -0.4 is 23.7 Å². The highest BCUT2D eigenvalue weighted by Gasteiger charge is 2.27. The molecule has 2 heterocycles. The van der Waals surface area contributed by atoms with Crippen LogP contribution in [-0.4, -0.2) is 53.7 Å². The normalized spacial score (nSPS) is 12.7. The molecule has 0 aliphatic carbocycles. The largest absolute Gasteiger partial charge is 0.493 e. The monoisotopic (exact) mass is 534 g/mol. The second-order valence-electron chi connectivity index (χ2n) is 8.23. The second-order valence-corrected chi connectivity index (χ2v) is 8.76. The number of hydrogen-bond donors (Lipinski definition) is 1. The molecule has 194 valence electrons. The molecule has 0 radical (unpaired) electrons. The number of hydrogen-bond acceptors (Lipinski definition) is 10. The van der Waals surface area contributed by atoms with E-state index in [4.69, 9.17) is 23.7 Å². The van der Waals surface area contributed by atoms with E-state index in [1.807, 2.05) is 0 Å². The Balaban J connectivity index is 1.70. The van der Waals surface area contributed by atoms with Gasteiger partial charge in [-0.05, 0) is 53.6 Å². The Morgan fingerprint density at radius 1 is 0.868 bits per heavy atom. The molecule has 0 unspecified atom stereocenters. The predicted molar refractivity (Wildman–Crippen MR) is 139 cm³/mol. The minimum atomic E-state index is -1.26. The number of carboxylic acid groups (broad SMARTS) is 1. The van der Waals surface area contributed by atoms with Crippen molar-refractivity contribution in [2.75, 3.05) is 28.1 Å². The predicted octanol–water partition coefficient (Wildman–Crippen LogP) is 4.41. The summed E-state index contributed by atoms with van der Waals surface area (Å²) in [6, 6.07) is 13.0. The van der Waals surface area contributed by atoms with Gasteiger partial charge in [0.25, 0.3) is 0 Å². The van der Waals surface area contributed by atoms with Gasteiger partial charge in [0.15, 0.2) is 28.8 Å². The van der Waals surface area contributed by atoms with Crippen molar-refractivity contribution in [1.29, 1.82) is 0 Å². The van der Waals surface area contributed by atoms with Crippen LogP contribution >= 0.6 is 11.7 Å². The first-order valence-corrected chi connectivity index (χ1v) is 12.1. The van der Waals surface area contributed by atoms with Gasteiger partial charge in [-0.1, -0.05) is 6.07 Å². The van der Waals surface area contributed by atoms with Crippen molar-refractivity contribution in [3.63, 3.8) is 0 Å². The lowest BCUT2D eigenvalue weighted by atomic mass is 9.89. The summed E-state index contributed by atoms with van der Waals surface area (Å²) in [6.45, 7) is 0.0448. The number of ether oxygens (including phenoxy) is 5. The first-order chi connectivity index (χ1) is 18.4. The van der Waals surface area contributed by atoms with Crippen LogP contribution in [-0.2, 0) is 11.2 Å². The average Bonchev–Trinajstić information content (AvgIpc) is 3.60. The van der Waals surface area contributed by atoms with Crippen LogP contribution in [0.1, 0.15) is 21.5 Å². The molecule has 0 spiro atoms. The molecule has 4 aromatic rings. The molecule has 0 saturated carbocycles. The molecule has 1 N–H and O–H groups in total. The summed E-state index contributed by atoms with van der Waals surface area (Å²) in [6.07, 6.45) is -0.0427. The number of carbonyl (C=O) groups excluding carboxylic acids is 1. The number of rotatable bonds is 9. The number of methoxy groups -OCH3 is 3. The molecule has 1 aromatic heterocycles. The Kier molecular flexibility index (Phi) is 6.84. The maximum absolute atomic E-state index is 14.0. The van der Waals surface area contributed by atoms with Crippen molar-refractivity contribution in [2.45, 2.75) is 6.42 Å². The molecular formula is C27H22N2O8S. The number of benzene rings is 3. The summed E-state index contributed by atoms with van der Waals surface area (Å²) in [5.41, 5.74) is 2.23. The fourth-order valence-corrected chi connectivity index (χ4v) is 4.82. The van der Waals surface area contributed by atoms with Crippen LogP contribution in [0.4, 0.5) is 0 Å². The molecular weight excluding hydrogens is 512 g/mol. The smallest absolute Gasteiger partial charge is 0.336 e. The number of fused-ring (bicyclic) bond motifs is 2. The van der Waals surface area contributed by atoms with Gasteiger partial charge in [0.05, 0.1) is 38.6 Å². The van der Waals surface area contributed by atoms with Crippen molar-refractivity contribution in [3.05, 3.63) is 70.8 Å². The summed E-state index contributed by atoms with van der Waals surface area (Å²) in [5, 5.41) is 10.4. The maximum Gasteiger partial charge on any atom is 0.336 e. The zero-order valence-corrected chi connectivity index (χ0v) is 21.5. The molecule has 0 amide bonds. The van der Waals surface area contributed by atoms with Gasteiger partial charge in [-0.3, -0.25) is 4.79 Å². The van der Waals surface area contributed by atoms with Crippen LogP contribution in [0, 0.1) is 0 Å². The van der Waals surface area contributed by atoms with Crippen LogP contribution in [0.15, 0.2) is 54.1 Å². The quantitative estimate of drug-likeness (QED) is 0.244. The summed E-state index contributed by atoms with van der Waals surface area (Å²) in [4.78, 5) is 26.7. The van der Waals surface area contributed by atoms with E-state index in [1.54, 1.807) is 48.5 Å². The third-order valence-electron chi connectivity index (χ3n) is 6.07. The van der Waals surface area contributed by atoms with Gasteiger partial charge in [-0.25, -0.2) is 4.79 Å². The van der Waals surface area contributed by atoms with Crippen molar-refractivity contribution in [2.24, 2.45) is 0 Å². The van der Waals surface area contributed by atoms with Gasteiger partial charge >= 0.3 is 5.97 Å². The van der Waals surface area contributed by atoms with Crippen LogP contribution in [0.3, 0.4) is 0 Å². The number of nitrogens with zero attached hydrogens (tertiary/aromatic N) is 2. The molecule has 3 aromatic carbocycles. The van der Waals surface area contributed by atoms with Crippen molar-refractivity contribution in [3.8, 4) is 28.7 Å². The van der Waals surface area contributed by atoms with E-state index >= 15 is 0 Å². The number of ketones is 1. The number of aliphatic carboxylic acids is 1. The topological polar surface area (TPSA) is 126 Å². The Morgan fingerprint density at radius 2 is 1.55 bits per heavy atom. The van der Waals surface area contributed by atoms with E-state index in [9.17, 15) is 14.7 Å². The standard InChI is InChI=1S/C27H22N2O8S/c1-33-22-9-14(10-23(34-2)26(22)35-3)8-17(25(30)16-5-7-20-21(12-16)37-13-36-20)24(27(31)32)15-4-6-18-19(11-15)29-38-28-18/h4-7,9-12H,8,13H2,1-3H3,(H,31,32). The third kappa shape index (κ3) is 4.59. The van der Waals surface area contributed by atoms with Crippen molar-refractivity contribution in [1.82, 2.24) is 8.75 Å².